The highest BCUT2D eigenvalue weighted by Gasteiger charge is 2.21. The summed E-state index contributed by atoms with van der Waals surface area (Å²) in [6.45, 7) is 9.77. The van der Waals surface area contributed by atoms with Gasteiger partial charge in [-0.25, -0.2) is 0 Å². The quantitative estimate of drug-likeness (QED) is 0.690. The zero-order valence-electron chi connectivity index (χ0n) is 8.62. The normalized spacial score (nSPS) is 16.9. The summed E-state index contributed by atoms with van der Waals surface area (Å²) in [7, 11) is 0. The molecule has 0 saturated carbocycles. The molecule has 0 N–H and O–H groups in total. The molecule has 1 aromatic heterocycles. The molecule has 0 aromatic carbocycles. The van der Waals surface area contributed by atoms with Gasteiger partial charge in [-0.3, -0.25) is 9.58 Å². The molecule has 0 amide bonds. The second-order valence-electron chi connectivity index (χ2n) is 3.98. The minimum absolute atomic E-state index is 0.487. The maximum absolute atomic E-state index is 4.56. The number of aromatic nitrogens is 2. The van der Waals surface area contributed by atoms with Crippen molar-refractivity contribution in [2.45, 2.75) is 39.9 Å². The number of nitrogens with zero attached hydrogens (tertiary/aromatic N) is 3. The first-order chi connectivity index (χ1) is 6.20. The standard InChI is InChI=1S/C10H17N3/c1-4-12-5-9-6-13(8(2)3)11-10(9)7-12/h6,8H,4-5,7H2,1-3H3. The predicted molar refractivity (Wildman–Crippen MR) is 52.4 cm³/mol. The summed E-state index contributed by atoms with van der Waals surface area (Å²) in [5.74, 6) is 0. The lowest BCUT2D eigenvalue weighted by molar-refractivity contribution is 0.294. The zero-order valence-corrected chi connectivity index (χ0v) is 8.62. The van der Waals surface area contributed by atoms with Crippen LogP contribution in [0.5, 0.6) is 0 Å². The van der Waals surface area contributed by atoms with Crippen LogP contribution in [-0.4, -0.2) is 21.2 Å². The van der Waals surface area contributed by atoms with E-state index in [9.17, 15) is 0 Å². The van der Waals surface area contributed by atoms with Crippen molar-refractivity contribution in [3.05, 3.63) is 17.5 Å². The van der Waals surface area contributed by atoms with Crippen LogP contribution in [-0.2, 0) is 13.1 Å². The Morgan fingerprint density at radius 3 is 2.77 bits per heavy atom. The minimum atomic E-state index is 0.487. The van der Waals surface area contributed by atoms with Gasteiger partial charge < -0.3 is 0 Å². The SMILES string of the molecule is CCN1Cc2cn(C(C)C)nc2C1. The van der Waals surface area contributed by atoms with Gasteiger partial charge in [0.1, 0.15) is 0 Å². The van der Waals surface area contributed by atoms with Crippen molar-refractivity contribution in [2.24, 2.45) is 0 Å². The summed E-state index contributed by atoms with van der Waals surface area (Å²) in [5, 5.41) is 4.56. The molecule has 1 aliphatic rings. The average Bonchev–Trinajstić information content (AvgIpc) is 2.58. The largest absolute Gasteiger partial charge is 0.293 e. The summed E-state index contributed by atoms with van der Waals surface area (Å²) in [4.78, 5) is 2.41. The minimum Gasteiger partial charge on any atom is -0.293 e. The summed E-state index contributed by atoms with van der Waals surface area (Å²) < 4.78 is 2.07. The van der Waals surface area contributed by atoms with E-state index >= 15 is 0 Å². The highest BCUT2D eigenvalue weighted by Crippen LogP contribution is 2.21. The molecule has 3 heteroatoms. The molecule has 0 spiro atoms. The third-order valence-electron chi connectivity index (χ3n) is 2.64. The second kappa shape index (κ2) is 3.14. The molecular formula is C10H17N3. The fourth-order valence-corrected chi connectivity index (χ4v) is 1.73. The van der Waals surface area contributed by atoms with E-state index in [0.29, 0.717) is 6.04 Å². The molecule has 1 aromatic rings. The average molecular weight is 179 g/mol. The molecular weight excluding hydrogens is 162 g/mol. The number of fused-ring (bicyclic) bond motifs is 1. The molecule has 0 fully saturated rings. The summed E-state index contributed by atoms with van der Waals surface area (Å²) in [6.07, 6.45) is 2.19. The first kappa shape index (κ1) is 8.75. The Balaban J connectivity index is 2.19. The van der Waals surface area contributed by atoms with Crippen LogP contribution in [0.3, 0.4) is 0 Å². The van der Waals surface area contributed by atoms with Crippen molar-refractivity contribution < 1.29 is 0 Å². The van der Waals surface area contributed by atoms with Crippen molar-refractivity contribution in [1.29, 1.82) is 0 Å². The molecule has 0 unspecified atom stereocenters. The topological polar surface area (TPSA) is 21.1 Å². The van der Waals surface area contributed by atoms with E-state index in [1.54, 1.807) is 0 Å². The van der Waals surface area contributed by atoms with Crippen molar-refractivity contribution in [3.8, 4) is 0 Å². The molecule has 2 heterocycles. The van der Waals surface area contributed by atoms with Gasteiger partial charge in [-0.2, -0.15) is 5.10 Å². The van der Waals surface area contributed by atoms with Crippen molar-refractivity contribution >= 4 is 0 Å². The maximum atomic E-state index is 4.56. The predicted octanol–water partition coefficient (Wildman–Crippen LogP) is 1.80. The Hall–Kier alpha value is -0.830. The first-order valence-electron chi connectivity index (χ1n) is 5.00. The smallest absolute Gasteiger partial charge is 0.0809 e. The molecule has 0 bridgehead atoms. The van der Waals surface area contributed by atoms with Crippen LogP contribution in [0.25, 0.3) is 0 Å². The fraction of sp³-hybridized carbons (Fsp3) is 0.700. The first-order valence-corrected chi connectivity index (χ1v) is 5.00. The molecule has 1 aliphatic heterocycles. The zero-order chi connectivity index (χ0) is 9.42. The summed E-state index contributed by atoms with van der Waals surface area (Å²) in [6, 6.07) is 0.487. The molecule has 0 atom stereocenters. The maximum Gasteiger partial charge on any atom is 0.0809 e. The van der Waals surface area contributed by atoms with Crippen LogP contribution in [0.15, 0.2) is 6.20 Å². The van der Waals surface area contributed by atoms with E-state index in [4.69, 9.17) is 0 Å². The summed E-state index contributed by atoms with van der Waals surface area (Å²) in [5.41, 5.74) is 2.69. The Morgan fingerprint density at radius 1 is 1.46 bits per heavy atom. The van der Waals surface area contributed by atoms with E-state index in [0.717, 1.165) is 19.6 Å². The lowest BCUT2D eigenvalue weighted by Gasteiger charge is -2.11. The Bertz CT molecular complexity index is 278. The monoisotopic (exact) mass is 179 g/mol. The molecule has 3 nitrogen and oxygen atoms in total. The lowest BCUT2D eigenvalue weighted by atomic mass is 10.3. The van der Waals surface area contributed by atoms with Crippen LogP contribution >= 0.6 is 0 Å². The van der Waals surface area contributed by atoms with Crippen LogP contribution in [0, 0.1) is 0 Å². The Kier molecular flexibility index (Phi) is 2.12. The van der Waals surface area contributed by atoms with E-state index in [-0.39, 0.29) is 0 Å². The van der Waals surface area contributed by atoms with Crippen molar-refractivity contribution in [1.82, 2.24) is 14.7 Å². The van der Waals surface area contributed by atoms with Gasteiger partial charge in [0.2, 0.25) is 0 Å². The highest BCUT2D eigenvalue weighted by atomic mass is 15.3. The van der Waals surface area contributed by atoms with Crippen molar-refractivity contribution in [2.75, 3.05) is 6.54 Å². The van der Waals surface area contributed by atoms with Crippen LogP contribution in [0.2, 0.25) is 0 Å². The van der Waals surface area contributed by atoms with Crippen LogP contribution < -0.4 is 0 Å². The third-order valence-corrected chi connectivity index (χ3v) is 2.64. The van der Waals surface area contributed by atoms with Gasteiger partial charge in [0.25, 0.3) is 0 Å². The molecule has 2 rings (SSSR count). The summed E-state index contributed by atoms with van der Waals surface area (Å²) >= 11 is 0. The molecule has 72 valence electrons. The van der Waals surface area contributed by atoms with E-state index in [1.165, 1.54) is 11.3 Å². The highest BCUT2D eigenvalue weighted by molar-refractivity contribution is 5.21. The van der Waals surface area contributed by atoms with Gasteiger partial charge in [0, 0.05) is 30.9 Å². The molecule has 0 aliphatic carbocycles. The fourth-order valence-electron chi connectivity index (χ4n) is 1.73. The Morgan fingerprint density at radius 2 is 2.23 bits per heavy atom. The van der Waals surface area contributed by atoms with Gasteiger partial charge in [0.05, 0.1) is 5.69 Å². The number of hydrogen-bond acceptors (Lipinski definition) is 2. The van der Waals surface area contributed by atoms with E-state index < -0.39 is 0 Å². The second-order valence-corrected chi connectivity index (χ2v) is 3.98. The lowest BCUT2D eigenvalue weighted by Crippen LogP contribution is -2.16. The number of rotatable bonds is 2. The van der Waals surface area contributed by atoms with Gasteiger partial charge >= 0.3 is 0 Å². The van der Waals surface area contributed by atoms with E-state index in [2.05, 4.69) is 41.6 Å². The van der Waals surface area contributed by atoms with Crippen LogP contribution in [0.1, 0.15) is 38.1 Å². The van der Waals surface area contributed by atoms with Gasteiger partial charge in [-0.05, 0) is 20.4 Å². The van der Waals surface area contributed by atoms with Crippen LogP contribution in [0.4, 0.5) is 0 Å². The molecule has 0 radical (unpaired) electrons. The van der Waals surface area contributed by atoms with Gasteiger partial charge in [-0.15, -0.1) is 0 Å². The number of hydrogen-bond donors (Lipinski definition) is 0. The van der Waals surface area contributed by atoms with Gasteiger partial charge in [-0.1, -0.05) is 6.92 Å². The molecule has 13 heavy (non-hydrogen) atoms. The third kappa shape index (κ3) is 1.48. The van der Waals surface area contributed by atoms with Gasteiger partial charge in [0.15, 0.2) is 0 Å². The van der Waals surface area contributed by atoms with E-state index in [1.807, 2.05) is 0 Å². The molecule has 0 saturated heterocycles. The van der Waals surface area contributed by atoms with Crippen molar-refractivity contribution in [3.63, 3.8) is 0 Å². The Labute approximate surface area is 79.3 Å².